The summed E-state index contributed by atoms with van der Waals surface area (Å²) in [5, 5.41) is 2.87. The highest BCUT2D eigenvalue weighted by Crippen LogP contribution is 2.33. The van der Waals surface area contributed by atoms with Crippen LogP contribution in [0.25, 0.3) is 11.0 Å². The lowest BCUT2D eigenvalue weighted by Gasteiger charge is -2.13. The number of fused-ring (bicyclic) bond motifs is 1. The molecule has 3 aromatic rings. The van der Waals surface area contributed by atoms with E-state index in [0.717, 1.165) is 12.1 Å². The number of rotatable bonds is 3. The molecule has 7 heteroatoms. The fourth-order valence-electron chi connectivity index (χ4n) is 2.32. The van der Waals surface area contributed by atoms with Crippen LogP contribution in [0, 0.1) is 6.92 Å². The second kappa shape index (κ2) is 5.92. The Morgan fingerprint density at radius 3 is 2.67 bits per heavy atom. The van der Waals surface area contributed by atoms with E-state index in [-0.39, 0.29) is 11.3 Å². The Balaban J connectivity index is 2.13. The lowest BCUT2D eigenvalue weighted by Crippen LogP contribution is -2.06. The average Bonchev–Trinajstić information content (AvgIpc) is 2.55. The van der Waals surface area contributed by atoms with Gasteiger partial charge in [-0.3, -0.25) is 9.78 Å². The van der Waals surface area contributed by atoms with Crippen LogP contribution in [-0.2, 0) is 6.18 Å². The van der Waals surface area contributed by atoms with Crippen LogP contribution in [0.15, 0.2) is 42.6 Å². The summed E-state index contributed by atoms with van der Waals surface area (Å²) in [5.74, 6) is 0. The second-order valence-electron chi connectivity index (χ2n) is 5.23. The van der Waals surface area contributed by atoms with Gasteiger partial charge in [0.1, 0.15) is 5.52 Å². The molecule has 24 heavy (non-hydrogen) atoms. The van der Waals surface area contributed by atoms with Crippen LogP contribution in [-0.4, -0.2) is 16.3 Å². The Kier molecular flexibility index (Phi) is 3.92. The minimum atomic E-state index is -4.44. The van der Waals surface area contributed by atoms with Gasteiger partial charge in [0, 0.05) is 17.6 Å². The summed E-state index contributed by atoms with van der Waals surface area (Å²) in [6.07, 6.45) is -2.49. The van der Waals surface area contributed by atoms with E-state index < -0.39 is 11.7 Å². The van der Waals surface area contributed by atoms with Gasteiger partial charge in [-0.05, 0) is 37.3 Å². The number of pyridine rings is 2. The predicted molar refractivity (Wildman–Crippen MR) is 84.4 cm³/mol. The molecule has 122 valence electrons. The van der Waals surface area contributed by atoms with E-state index in [1.165, 1.54) is 18.3 Å². The van der Waals surface area contributed by atoms with Crippen LogP contribution >= 0.6 is 0 Å². The zero-order valence-electron chi connectivity index (χ0n) is 12.6. The van der Waals surface area contributed by atoms with Gasteiger partial charge < -0.3 is 5.32 Å². The van der Waals surface area contributed by atoms with Crippen molar-refractivity contribution in [3.05, 3.63) is 59.4 Å². The SMILES string of the molecule is Cc1ccc2ncc(C=O)c(Nc3cccc(C(F)(F)F)c3)c2n1. The zero-order chi connectivity index (χ0) is 17.3. The van der Waals surface area contributed by atoms with Crippen molar-refractivity contribution in [2.75, 3.05) is 5.32 Å². The van der Waals surface area contributed by atoms with Gasteiger partial charge >= 0.3 is 6.18 Å². The van der Waals surface area contributed by atoms with Crippen molar-refractivity contribution in [2.45, 2.75) is 13.1 Å². The third-order valence-corrected chi connectivity index (χ3v) is 3.47. The second-order valence-corrected chi connectivity index (χ2v) is 5.23. The maximum atomic E-state index is 12.9. The van der Waals surface area contributed by atoms with Crippen LogP contribution in [0.1, 0.15) is 21.6 Å². The van der Waals surface area contributed by atoms with Gasteiger partial charge in [-0.15, -0.1) is 0 Å². The number of alkyl halides is 3. The van der Waals surface area contributed by atoms with Crippen LogP contribution in [0.3, 0.4) is 0 Å². The van der Waals surface area contributed by atoms with Crippen molar-refractivity contribution < 1.29 is 18.0 Å². The highest BCUT2D eigenvalue weighted by molar-refractivity contribution is 5.99. The van der Waals surface area contributed by atoms with E-state index in [4.69, 9.17) is 0 Å². The number of carbonyl (C=O) groups excluding carboxylic acids is 1. The first kappa shape index (κ1) is 15.9. The topological polar surface area (TPSA) is 54.9 Å². The largest absolute Gasteiger partial charge is 0.416 e. The molecule has 0 saturated carbocycles. The summed E-state index contributed by atoms with van der Waals surface area (Å²) in [6.45, 7) is 1.78. The summed E-state index contributed by atoms with van der Waals surface area (Å²) in [6, 6.07) is 8.27. The molecule has 0 spiro atoms. The molecule has 2 aromatic heterocycles. The van der Waals surface area contributed by atoms with E-state index in [0.29, 0.717) is 28.7 Å². The Morgan fingerprint density at radius 1 is 1.17 bits per heavy atom. The molecular weight excluding hydrogens is 319 g/mol. The molecule has 0 amide bonds. The Labute approximate surface area is 135 Å². The van der Waals surface area contributed by atoms with E-state index in [9.17, 15) is 18.0 Å². The normalized spacial score (nSPS) is 11.5. The number of nitrogens with zero attached hydrogens (tertiary/aromatic N) is 2. The van der Waals surface area contributed by atoms with E-state index in [1.807, 2.05) is 0 Å². The van der Waals surface area contributed by atoms with Crippen molar-refractivity contribution in [3.8, 4) is 0 Å². The number of hydrogen-bond acceptors (Lipinski definition) is 4. The molecule has 0 unspecified atom stereocenters. The Hall–Kier alpha value is -2.96. The predicted octanol–water partition coefficient (Wildman–Crippen LogP) is 4.51. The van der Waals surface area contributed by atoms with Crippen molar-refractivity contribution in [1.29, 1.82) is 0 Å². The molecule has 0 bridgehead atoms. The highest BCUT2D eigenvalue weighted by atomic mass is 19.4. The monoisotopic (exact) mass is 331 g/mol. The Morgan fingerprint density at radius 2 is 1.96 bits per heavy atom. The van der Waals surface area contributed by atoms with Crippen LogP contribution < -0.4 is 5.32 Å². The van der Waals surface area contributed by atoms with Gasteiger partial charge in [-0.2, -0.15) is 13.2 Å². The summed E-state index contributed by atoms with van der Waals surface area (Å²) >= 11 is 0. The number of nitrogens with one attached hydrogen (secondary N) is 1. The summed E-state index contributed by atoms with van der Waals surface area (Å²) in [4.78, 5) is 19.8. The molecule has 4 nitrogen and oxygen atoms in total. The van der Waals surface area contributed by atoms with Gasteiger partial charge in [0.05, 0.1) is 22.3 Å². The maximum Gasteiger partial charge on any atom is 0.416 e. The number of anilines is 2. The lowest BCUT2D eigenvalue weighted by atomic mass is 10.1. The molecule has 2 heterocycles. The van der Waals surface area contributed by atoms with Gasteiger partial charge in [-0.25, -0.2) is 4.98 Å². The number of halogens is 3. The van der Waals surface area contributed by atoms with Crippen LogP contribution in [0.4, 0.5) is 24.5 Å². The van der Waals surface area contributed by atoms with E-state index >= 15 is 0 Å². The summed E-state index contributed by atoms with van der Waals surface area (Å²) < 4.78 is 38.6. The van der Waals surface area contributed by atoms with E-state index in [2.05, 4.69) is 15.3 Å². The minimum absolute atomic E-state index is 0.212. The molecule has 3 rings (SSSR count). The molecule has 0 saturated heterocycles. The van der Waals surface area contributed by atoms with Gasteiger partial charge in [0.25, 0.3) is 0 Å². The molecule has 1 aromatic carbocycles. The lowest BCUT2D eigenvalue weighted by molar-refractivity contribution is -0.137. The smallest absolute Gasteiger partial charge is 0.353 e. The van der Waals surface area contributed by atoms with Crippen molar-refractivity contribution in [1.82, 2.24) is 9.97 Å². The first-order valence-corrected chi connectivity index (χ1v) is 7.04. The average molecular weight is 331 g/mol. The molecule has 1 N–H and O–H groups in total. The number of aryl methyl sites for hydroxylation is 1. The maximum absolute atomic E-state index is 12.9. The first-order chi connectivity index (χ1) is 11.4. The third-order valence-electron chi connectivity index (χ3n) is 3.47. The summed E-state index contributed by atoms with van der Waals surface area (Å²) in [5.41, 5.74) is 1.67. The van der Waals surface area contributed by atoms with Gasteiger partial charge in [-0.1, -0.05) is 6.07 Å². The van der Waals surface area contributed by atoms with Crippen molar-refractivity contribution in [2.24, 2.45) is 0 Å². The quantitative estimate of drug-likeness (QED) is 0.717. The molecule has 0 aliphatic carbocycles. The van der Waals surface area contributed by atoms with E-state index in [1.54, 1.807) is 19.1 Å². The highest BCUT2D eigenvalue weighted by Gasteiger charge is 2.30. The minimum Gasteiger partial charge on any atom is -0.353 e. The molecule has 0 radical (unpaired) electrons. The molecule has 0 fully saturated rings. The fraction of sp³-hybridized carbons (Fsp3) is 0.118. The molecule has 0 aliphatic heterocycles. The molecule has 0 atom stereocenters. The van der Waals surface area contributed by atoms with Crippen molar-refractivity contribution >= 4 is 28.7 Å². The van der Waals surface area contributed by atoms with Crippen LogP contribution in [0.2, 0.25) is 0 Å². The third kappa shape index (κ3) is 3.05. The van der Waals surface area contributed by atoms with Crippen LogP contribution in [0.5, 0.6) is 0 Å². The first-order valence-electron chi connectivity index (χ1n) is 7.04. The zero-order valence-corrected chi connectivity index (χ0v) is 12.6. The number of aldehydes is 1. The number of carbonyl (C=O) groups is 1. The summed E-state index contributed by atoms with van der Waals surface area (Å²) in [7, 11) is 0. The number of hydrogen-bond donors (Lipinski definition) is 1. The van der Waals surface area contributed by atoms with Gasteiger partial charge in [0.2, 0.25) is 0 Å². The molecular formula is C17H12F3N3O. The fourth-order valence-corrected chi connectivity index (χ4v) is 2.32. The van der Waals surface area contributed by atoms with Crippen molar-refractivity contribution in [3.63, 3.8) is 0 Å². The Bertz CT molecular complexity index is 923. The standard InChI is InChI=1S/C17H12F3N3O/c1-10-5-6-14-16(22-10)15(11(9-24)8-21-14)23-13-4-2-3-12(7-13)17(18,19)20/h2-9H,1H3,(H,21,23). The number of aromatic nitrogens is 2. The molecule has 0 aliphatic rings. The van der Waals surface area contributed by atoms with Gasteiger partial charge in [0.15, 0.2) is 6.29 Å². The number of benzene rings is 1.